The van der Waals surface area contributed by atoms with Crippen molar-refractivity contribution in [3.8, 4) is 11.3 Å². The van der Waals surface area contributed by atoms with E-state index in [0.29, 0.717) is 31.1 Å². The first-order valence-electron chi connectivity index (χ1n) is 10.1. The van der Waals surface area contributed by atoms with E-state index < -0.39 is 0 Å². The van der Waals surface area contributed by atoms with Gasteiger partial charge < -0.3 is 10.2 Å². The molecule has 0 radical (unpaired) electrons. The number of likely N-dealkylation sites (tertiary alicyclic amines) is 1. The number of nitrogens with zero attached hydrogens (tertiary/aromatic N) is 2. The molecule has 2 heterocycles. The lowest BCUT2D eigenvalue weighted by Crippen LogP contribution is -2.40. The van der Waals surface area contributed by atoms with Crippen LogP contribution in [0.4, 0.5) is 5.13 Å². The quantitative estimate of drug-likeness (QED) is 0.477. The van der Waals surface area contributed by atoms with Crippen molar-refractivity contribution < 1.29 is 9.59 Å². The second-order valence-electron chi connectivity index (χ2n) is 7.38. The van der Waals surface area contributed by atoms with E-state index in [0.717, 1.165) is 21.3 Å². The maximum Gasteiger partial charge on any atom is 0.246 e. The molecule has 1 aromatic heterocycles. The van der Waals surface area contributed by atoms with Crippen LogP contribution in [0.5, 0.6) is 0 Å². The Bertz CT molecular complexity index is 1090. The third-order valence-electron chi connectivity index (χ3n) is 5.25. The number of halogens is 1. The first-order chi connectivity index (χ1) is 15.1. The summed E-state index contributed by atoms with van der Waals surface area (Å²) in [7, 11) is 0. The molecule has 0 spiro atoms. The molecule has 5 nitrogen and oxygen atoms in total. The van der Waals surface area contributed by atoms with Gasteiger partial charge in [0.2, 0.25) is 11.8 Å². The number of carbonyl (C=O) groups excluding carboxylic acids is 2. The number of aromatic nitrogens is 1. The molecule has 1 aliphatic rings. The molecule has 0 atom stereocenters. The van der Waals surface area contributed by atoms with Crippen LogP contribution in [0.15, 0.2) is 70.5 Å². The van der Waals surface area contributed by atoms with Gasteiger partial charge in [-0.25, -0.2) is 4.98 Å². The van der Waals surface area contributed by atoms with Crippen LogP contribution in [0.25, 0.3) is 17.3 Å². The van der Waals surface area contributed by atoms with Crippen molar-refractivity contribution in [1.29, 1.82) is 0 Å². The highest BCUT2D eigenvalue weighted by atomic mass is 79.9. The molecule has 4 rings (SSSR count). The Morgan fingerprint density at radius 2 is 1.87 bits per heavy atom. The Morgan fingerprint density at radius 3 is 2.61 bits per heavy atom. The monoisotopic (exact) mass is 495 g/mol. The fourth-order valence-corrected chi connectivity index (χ4v) is 4.64. The molecule has 31 heavy (non-hydrogen) atoms. The molecular weight excluding hydrogens is 474 g/mol. The Balaban J connectivity index is 1.29. The van der Waals surface area contributed by atoms with Gasteiger partial charge in [0.1, 0.15) is 0 Å². The van der Waals surface area contributed by atoms with Gasteiger partial charge >= 0.3 is 0 Å². The number of thiazole rings is 1. The summed E-state index contributed by atoms with van der Waals surface area (Å²) >= 11 is 4.89. The lowest BCUT2D eigenvalue weighted by molar-refractivity contribution is -0.130. The van der Waals surface area contributed by atoms with Gasteiger partial charge in [0.25, 0.3) is 0 Å². The molecule has 1 aliphatic heterocycles. The number of hydrogen-bond donors (Lipinski definition) is 1. The first-order valence-corrected chi connectivity index (χ1v) is 11.8. The SMILES string of the molecule is O=C(Nc1nc(-c2cccc(Br)c2)cs1)C1CCN(C(=O)/C=C/c2ccccc2)CC1. The summed E-state index contributed by atoms with van der Waals surface area (Å²) in [6.45, 7) is 1.16. The molecule has 0 aliphatic carbocycles. The molecule has 7 heteroatoms. The van der Waals surface area contributed by atoms with Gasteiger partial charge in [-0.05, 0) is 36.6 Å². The Morgan fingerprint density at radius 1 is 1.10 bits per heavy atom. The fraction of sp³-hybridized carbons (Fsp3) is 0.208. The fourth-order valence-electron chi connectivity index (χ4n) is 3.52. The summed E-state index contributed by atoms with van der Waals surface area (Å²) in [6, 6.07) is 17.7. The molecule has 2 amide bonds. The molecule has 1 fully saturated rings. The number of hydrogen-bond acceptors (Lipinski definition) is 4. The van der Waals surface area contributed by atoms with Crippen LogP contribution in [0, 0.1) is 5.92 Å². The van der Waals surface area contributed by atoms with E-state index >= 15 is 0 Å². The lowest BCUT2D eigenvalue weighted by atomic mass is 9.96. The molecular formula is C24H22BrN3O2S. The third-order valence-corrected chi connectivity index (χ3v) is 6.50. The highest BCUT2D eigenvalue weighted by Crippen LogP contribution is 2.28. The van der Waals surface area contributed by atoms with Crippen LogP contribution in [-0.4, -0.2) is 34.8 Å². The van der Waals surface area contributed by atoms with Crippen molar-refractivity contribution in [2.75, 3.05) is 18.4 Å². The van der Waals surface area contributed by atoms with E-state index in [4.69, 9.17) is 0 Å². The van der Waals surface area contributed by atoms with Crippen LogP contribution in [0.3, 0.4) is 0 Å². The highest BCUT2D eigenvalue weighted by molar-refractivity contribution is 9.10. The Hall–Kier alpha value is -2.77. The van der Waals surface area contributed by atoms with Crippen molar-refractivity contribution in [3.05, 3.63) is 76.1 Å². The number of piperidine rings is 1. The van der Waals surface area contributed by atoms with Crippen LogP contribution in [-0.2, 0) is 9.59 Å². The topological polar surface area (TPSA) is 62.3 Å². The zero-order valence-corrected chi connectivity index (χ0v) is 19.2. The molecule has 1 saturated heterocycles. The van der Waals surface area contributed by atoms with Gasteiger partial charge in [-0.3, -0.25) is 9.59 Å². The zero-order chi connectivity index (χ0) is 21.6. The van der Waals surface area contributed by atoms with E-state index in [2.05, 4.69) is 26.2 Å². The number of carbonyl (C=O) groups is 2. The maximum absolute atomic E-state index is 12.7. The van der Waals surface area contributed by atoms with Crippen molar-refractivity contribution in [1.82, 2.24) is 9.88 Å². The predicted molar refractivity (Wildman–Crippen MR) is 129 cm³/mol. The minimum atomic E-state index is -0.111. The van der Waals surface area contributed by atoms with Crippen molar-refractivity contribution >= 4 is 50.3 Å². The van der Waals surface area contributed by atoms with Gasteiger partial charge in [0.15, 0.2) is 5.13 Å². The van der Waals surface area contributed by atoms with E-state index in [-0.39, 0.29) is 17.7 Å². The number of rotatable bonds is 5. The number of anilines is 1. The molecule has 3 aromatic rings. The Kier molecular flexibility index (Phi) is 6.94. The van der Waals surface area contributed by atoms with Crippen LogP contribution >= 0.6 is 27.3 Å². The van der Waals surface area contributed by atoms with Gasteiger partial charge in [0.05, 0.1) is 5.69 Å². The summed E-state index contributed by atoms with van der Waals surface area (Å²) in [5.74, 6) is -0.149. The second-order valence-corrected chi connectivity index (χ2v) is 9.15. The van der Waals surface area contributed by atoms with Gasteiger partial charge in [-0.2, -0.15) is 0 Å². The molecule has 158 valence electrons. The van der Waals surface area contributed by atoms with Crippen LogP contribution < -0.4 is 5.32 Å². The van der Waals surface area contributed by atoms with E-state index in [9.17, 15) is 9.59 Å². The molecule has 0 saturated carbocycles. The first kappa shape index (κ1) is 21.5. The standard InChI is InChI=1S/C24H22BrN3O2S/c25-20-8-4-7-19(15-20)21-16-31-24(26-21)27-23(30)18-11-13-28(14-12-18)22(29)10-9-17-5-2-1-3-6-17/h1-10,15-16,18H,11-14H2,(H,26,27,30)/b10-9+. The summed E-state index contributed by atoms with van der Waals surface area (Å²) in [5, 5.41) is 5.49. The molecule has 2 aromatic carbocycles. The minimum Gasteiger partial charge on any atom is -0.339 e. The maximum atomic E-state index is 12.7. The third kappa shape index (κ3) is 5.68. The summed E-state index contributed by atoms with van der Waals surface area (Å²) in [4.78, 5) is 31.5. The van der Waals surface area contributed by atoms with E-state index in [1.807, 2.05) is 66.1 Å². The largest absolute Gasteiger partial charge is 0.339 e. The van der Waals surface area contributed by atoms with Crippen molar-refractivity contribution in [2.45, 2.75) is 12.8 Å². The second kappa shape index (κ2) is 10.0. The molecule has 0 bridgehead atoms. The summed E-state index contributed by atoms with van der Waals surface area (Å²) in [5.41, 5.74) is 2.84. The Labute approximate surface area is 193 Å². The highest BCUT2D eigenvalue weighted by Gasteiger charge is 2.27. The minimum absolute atomic E-state index is 0.0127. The zero-order valence-electron chi connectivity index (χ0n) is 16.8. The number of nitrogens with one attached hydrogen (secondary N) is 1. The normalized spacial score (nSPS) is 14.7. The smallest absolute Gasteiger partial charge is 0.246 e. The number of benzene rings is 2. The molecule has 1 N–H and O–H groups in total. The number of amides is 2. The predicted octanol–water partition coefficient (Wildman–Crippen LogP) is 5.46. The summed E-state index contributed by atoms with van der Waals surface area (Å²) in [6.07, 6.45) is 4.74. The van der Waals surface area contributed by atoms with Crippen LogP contribution in [0.2, 0.25) is 0 Å². The van der Waals surface area contributed by atoms with E-state index in [1.165, 1.54) is 11.3 Å². The van der Waals surface area contributed by atoms with Gasteiger partial charge in [-0.1, -0.05) is 58.4 Å². The average Bonchev–Trinajstić information content (AvgIpc) is 3.27. The van der Waals surface area contributed by atoms with Crippen molar-refractivity contribution in [3.63, 3.8) is 0 Å². The van der Waals surface area contributed by atoms with Gasteiger partial charge in [0, 0.05) is 40.5 Å². The van der Waals surface area contributed by atoms with Crippen LogP contribution in [0.1, 0.15) is 18.4 Å². The van der Waals surface area contributed by atoms with Crippen molar-refractivity contribution in [2.24, 2.45) is 5.92 Å². The lowest BCUT2D eigenvalue weighted by Gasteiger charge is -2.30. The molecule has 0 unspecified atom stereocenters. The average molecular weight is 496 g/mol. The van der Waals surface area contributed by atoms with E-state index in [1.54, 1.807) is 11.0 Å². The summed E-state index contributed by atoms with van der Waals surface area (Å²) < 4.78 is 0.989. The van der Waals surface area contributed by atoms with Gasteiger partial charge in [-0.15, -0.1) is 11.3 Å².